The van der Waals surface area contributed by atoms with Crippen molar-refractivity contribution in [2.45, 2.75) is 25.8 Å². The Morgan fingerprint density at radius 3 is 2.38 bits per heavy atom. The maximum atomic E-state index is 11.9. The largest absolute Gasteiger partial charge is 0.441 e. The summed E-state index contributed by atoms with van der Waals surface area (Å²) in [4.78, 5) is 1.91. The van der Waals surface area contributed by atoms with Crippen LogP contribution in [0.5, 0.6) is 0 Å². The average Bonchev–Trinajstić information content (AvgIpc) is 2.11. The molecule has 0 heterocycles. The molecule has 0 N–H and O–H groups in total. The molecule has 0 atom stereocenters. The van der Waals surface area contributed by atoms with Crippen LogP contribution in [0.3, 0.4) is 0 Å². The van der Waals surface area contributed by atoms with Crippen molar-refractivity contribution >= 4 is 11.8 Å². The summed E-state index contributed by atoms with van der Waals surface area (Å²) in [5, 5.41) is 8.44. The van der Waals surface area contributed by atoms with Crippen LogP contribution in [-0.4, -0.2) is 35.8 Å². The molecular weight excluding hydrogens is 237 g/mol. The highest BCUT2D eigenvalue weighted by Crippen LogP contribution is 2.29. The van der Waals surface area contributed by atoms with Crippen molar-refractivity contribution in [2.75, 3.05) is 25.4 Å². The SMILES string of the molecule is CC(C)CN(CCC#N)CCSC(F)(F)F. The molecule has 0 aliphatic carbocycles. The molecule has 0 aliphatic rings. The van der Waals surface area contributed by atoms with Crippen molar-refractivity contribution in [3.05, 3.63) is 0 Å². The van der Waals surface area contributed by atoms with Crippen molar-refractivity contribution in [1.29, 1.82) is 5.26 Å². The summed E-state index contributed by atoms with van der Waals surface area (Å²) in [6.07, 6.45) is 0.364. The molecular formula is C10H17F3N2S. The van der Waals surface area contributed by atoms with Gasteiger partial charge >= 0.3 is 5.51 Å². The van der Waals surface area contributed by atoms with Crippen LogP contribution < -0.4 is 0 Å². The highest BCUT2D eigenvalue weighted by atomic mass is 32.2. The Hall–Kier alpha value is -0.410. The zero-order chi connectivity index (χ0) is 12.6. The molecule has 0 bridgehead atoms. The maximum Gasteiger partial charge on any atom is 0.441 e. The highest BCUT2D eigenvalue weighted by Gasteiger charge is 2.27. The van der Waals surface area contributed by atoms with Crippen LogP contribution in [0.1, 0.15) is 20.3 Å². The van der Waals surface area contributed by atoms with Gasteiger partial charge in [-0.15, -0.1) is 0 Å². The van der Waals surface area contributed by atoms with E-state index in [0.29, 0.717) is 25.4 Å². The first-order chi connectivity index (χ1) is 7.35. The van der Waals surface area contributed by atoms with E-state index in [9.17, 15) is 13.2 Å². The van der Waals surface area contributed by atoms with Gasteiger partial charge in [0.2, 0.25) is 0 Å². The minimum absolute atomic E-state index is 0.00213. The number of nitrogens with zero attached hydrogens (tertiary/aromatic N) is 2. The molecule has 0 aromatic carbocycles. The third kappa shape index (κ3) is 10.1. The second-order valence-electron chi connectivity index (χ2n) is 3.90. The molecule has 16 heavy (non-hydrogen) atoms. The number of nitriles is 1. The lowest BCUT2D eigenvalue weighted by atomic mass is 10.2. The first-order valence-electron chi connectivity index (χ1n) is 5.15. The van der Waals surface area contributed by atoms with Crippen LogP contribution >= 0.6 is 11.8 Å². The van der Waals surface area contributed by atoms with E-state index < -0.39 is 5.51 Å². The summed E-state index contributed by atoms with van der Waals surface area (Å²) in [6, 6.07) is 2.01. The van der Waals surface area contributed by atoms with Crippen LogP contribution in [0.4, 0.5) is 13.2 Å². The smallest absolute Gasteiger partial charge is 0.301 e. The van der Waals surface area contributed by atoms with Crippen molar-refractivity contribution < 1.29 is 13.2 Å². The second kappa shape index (κ2) is 7.80. The molecule has 0 radical (unpaired) electrons. The standard InChI is InChI=1S/C10H17F3N2S/c1-9(2)8-15(5-3-4-14)6-7-16-10(11,12)13/h9H,3,5-8H2,1-2H3. The van der Waals surface area contributed by atoms with E-state index in [-0.39, 0.29) is 17.5 Å². The van der Waals surface area contributed by atoms with E-state index in [1.165, 1.54) is 0 Å². The van der Waals surface area contributed by atoms with Gasteiger partial charge in [-0.1, -0.05) is 13.8 Å². The van der Waals surface area contributed by atoms with Gasteiger partial charge in [0.15, 0.2) is 0 Å². The maximum absolute atomic E-state index is 11.9. The first-order valence-corrected chi connectivity index (χ1v) is 6.13. The summed E-state index contributed by atoms with van der Waals surface area (Å²) in [6.45, 7) is 5.68. The number of rotatable bonds is 7. The number of alkyl halides is 3. The quantitative estimate of drug-likeness (QED) is 0.698. The van der Waals surface area contributed by atoms with Crippen molar-refractivity contribution in [3.63, 3.8) is 0 Å². The number of halogens is 3. The Bertz CT molecular complexity index is 223. The molecule has 0 rings (SSSR count). The summed E-state index contributed by atoms with van der Waals surface area (Å²) in [5.41, 5.74) is -4.15. The van der Waals surface area contributed by atoms with Gasteiger partial charge in [0.25, 0.3) is 0 Å². The fraction of sp³-hybridized carbons (Fsp3) is 0.900. The predicted molar refractivity (Wildman–Crippen MR) is 60.0 cm³/mol. The van der Waals surface area contributed by atoms with Crippen LogP contribution in [-0.2, 0) is 0 Å². The van der Waals surface area contributed by atoms with E-state index in [1.807, 2.05) is 24.8 Å². The fourth-order valence-electron chi connectivity index (χ4n) is 1.31. The van der Waals surface area contributed by atoms with E-state index in [2.05, 4.69) is 0 Å². The van der Waals surface area contributed by atoms with Gasteiger partial charge < -0.3 is 4.90 Å². The molecule has 94 valence electrons. The monoisotopic (exact) mass is 254 g/mol. The van der Waals surface area contributed by atoms with Crippen LogP contribution in [0, 0.1) is 17.2 Å². The Morgan fingerprint density at radius 2 is 1.94 bits per heavy atom. The van der Waals surface area contributed by atoms with E-state index >= 15 is 0 Å². The first kappa shape index (κ1) is 15.6. The summed E-state index contributed by atoms with van der Waals surface area (Å²) in [5.74, 6) is 0.427. The van der Waals surface area contributed by atoms with Crippen molar-refractivity contribution in [2.24, 2.45) is 5.92 Å². The number of hydrogen-bond acceptors (Lipinski definition) is 3. The Balaban J connectivity index is 3.87. The van der Waals surface area contributed by atoms with E-state index in [4.69, 9.17) is 5.26 Å². The van der Waals surface area contributed by atoms with Crippen molar-refractivity contribution in [3.8, 4) is 6.07 Å². The number of thioether (sulfide) groups is 1. The second-order valence-corrected chi connectivity index (χ2v) is 5.06. The topological polar surface area (TPSA) is 27.0 Å². The molecule has 2 nitrogen and oxygen atoms in total. The minimum Gasteiger partial charge on any atom is -0.301 e. The van der Waals surface area contributed by atoms with Gasteiger partial charge in [-0.05, 0) is 17.7 Å². The molecule has 6 heteroatoms. The fourth-order valence-corrected chi connectivity index (χ4v) is 1.89. The summed E-state index contributed by atoms with van der Waals surface area (Å²) < 4.78 is 35.7. The molecule has 0 fully saturated rings. The van der Waals surface area contributed by atoms with Crippen LogP contribution in [0.2, 0.25) is 0 Å². The highest BCUT2D eigenvalue weighted by molar-refractivity contribution is 8.00. The van der Waals surface area contributed by atoms with Gasteiger partial charge in [0, 0.05) is 31.8 Å². The molecule has 0 aromatic heterocycles. The molecule has 0 spiro atoms. The van der Waals surface area contributed by atoms with Gasteiger partial charge in [-0.3, -0.25) is 0 Å². The molecule has 0 saturated heterocycles. The molecule has 0 amide bonds. The zero-order valence-corrected chi connectivity index (χ0v) is 10.4. The van der Waals surface area contributed by atoms with Gasteiger partial charge in [0.1, 0.15) is 0 Å². The normalized spacial score (nSPS) is 12.1. The third-order valence-electron chi connectivity index (χ3n) is 1.84. The van der Waals surface area contributed by atoms with E-state index in [0.717, 1.165) is 6.54 Å². The van der Waals surface area contributed by atoms with Crippen molar-refractivity contribution in [1.82, 2.24) is 4.90 Å². The van der Waals surface area contributed by atoms with E-state index in [1.54, 1.807) is 0 Å². The van der Waals surface area contributed by atoms with Gasteiger partial charge in [-0.25, -0.2) is 0 Å². The average molecular weight is 254 g/mol. The molecule has 0 aliphatic heterocycles. The lowest BCUT2D eigenvalue weighted by Gasteiger charge is -2.23. The number of hydrogen-bond donors (Lipinski definition) is 0. The Labute approximate surface area is 98.8 Å². The lowest BCUT2D eigenvalue weighted by Crippen LogP contribution is -2.31. The van der Waals surface area contributed by atoms with Gasteiger partial charge in [0.05, 0.1) is 6.07 Å². The summed E-state index contributed by atoms with van der Waals surface area (Å²) in [7, 11) is 0. The van der Waals surface area contributed by atoms with Gasteiger partial charge in [-0.2, -0.15) is 18.4 Å². The van der Waals surface area contributed by atoms with Crippen LogP contribution in [0.25, 0.3) is 0 Å². The molecule has 0 aromatic rings. The minimum atomic E-state index is -4.15. The summed E-state index contributed by atoms with van der Waals surface area (Å²) >= 11 is -0.00213. The van der Waals surface area contributed by atoms with Crippen LogP contribution in [0.15, 0.2) is 0 Å². The zero-order valence-electron chi connectivity index (χ0n) is 9.55. The predicted octanol–water partition coefficient (Wildman–Crippen LogP) is 3.11. The third-order valence-corrected chi connectivity index (χ3v) is 2.55. The molecule has 0 unspecified atom stereocenters. The Morgan fingerprint density at radius 1 is 1.31 bits per heavy atom. The lowest BCUT2D eigenvalue weighted by molar-refractivity contribution is -0.0328. The Kier molecular flexibility index (Phi) is 7.60. The molecule has 0 saturated carbocycles.